The summed E-state index contributed by atoms with van der Waals surface area (Å²) in [5, 5.41) is 4.27. The Balaban J connectivity index is 2.16. The normalized spacial score (nSPS) is 23.4. The van der Waals surface area contributed by atoms with E-state index < -0.39 is 0 Å². The van der Waals surface area contributed by atoms with Crippen LogP contribution < -0.4 is 5.73 Å². The second kappa shape index (κ2) is 4.31. The van der Waals surface area contributed by atoms with Crippen molar-refractivity contribution in [1.82, 2.24) is 9.78 Å². The summed E-state index contributed by atoms with van der Waals surface area (Å²) >= 11 is 3.36. The molecule has 1 fully saturated rings. The maximum atomic E-state index is 5.90. The molecular weight excluding hydrogens is 246 g/mol. The van der Waals surface area contributed by atoms with Gasteiger partial charge in [0.15, 0.2) is 0 Å². The molecule has 2 N–H and O–H groups in total. The highest BCUT2D eigenvalue weighted by Crippen LogP contribution is 2.27. The number of anilines is 1. The molecule has 78 valence electrons. The fourth-order valence-corrected chi connectivity index (χ4v) is 2.05. The minimum Gasteiger partial charge on any atom is -0.383 e. The summed E-state index contributed by atoms with van der Waals surface area (Å²) in [6.45, 7) is 1.67. The second-order valence-corrected chi connectivity index (χ2v) is 4.37. The van der Waals surface area contributed by atoms with Gasteiger partial charge >= 0.3 is 0 Å². The maximum absolute atomic E-state index is 5.90. The van der Waals surface area contributed by atoms with Gasteiger partial charge in [0.2, 0.25) is 0 Å². The molecule has 0 spiro atoms. The molecule has 1 aliphatic heterocycles. The third-order valence-corrected chi connectivity index (χ3v) is 3.17. The molecule has 14 heavy (non-hydrogen) atoms. The summed E-state index contributed by atoms with van der Waals surface area (Å²) in [4.78, 5) is 0. The summed E-state index contributed by atoms with van der Waals surface area (Å²) in [7, 11) is 0. The molecule has 0 amide bonds. The summed E-state index contributed by atoms with van der Waals surface area (Å²) in [6, 6.07) is 0.392. The van der Waals surface area contributed by atoms with Crippen molar-refractivity contribution in [3.63, 3.8) is 0 Å². The van der Waals surface area contributed by atoms with Gasteiger partial charge < -0.3 is 10.5 Å². The van der Waals surface area contributed by atoms with Crippen molar-refractivity contribution in [2.24, 2.45) is 0 Å². The molecule has 0 aromatic carbocycles. The lowest BCUT2D eigenvalue weighted by Gasteiger charge is -2.15. The number of hydrogen-bond acceptors (Lipinski definition) is 3. The van der Waals surface area contributed by atoms with Crippen molar-refractivity contribution >= 4 is 21.7 Å². The molecule has 4 nitrogen and oxygen atoms in total. The number of halogens is 1. The molecule has 5 heteroatoms. The van der Waals surface area contributed by atoms with Crippen molar-refractivity contribution in [2.75, 3.05) is 18.9 Å². The molecular formula is C9H14BrN3O. The zero-order chi connectivity index (χ0) is 9.97. The first-order valence-corrected chi connectivity index (χ1v) is 5.64. The summed E-state index contributed by atoms with van der Waals surface area (Å²) < 4.78 is 8.18. The zero-order valence-electron chi connectivity index (χ0n) is 7.95. The average Bonchev–Trinajstić information content (AvgIpc) is 2.47. The lowest BCUT2D eigenvalue weighted by molar-refractivity contribution is 0.141. The van der Waals surface area contributed by atoms with E-state index in [1.165, 1.54) is 0 Å². The maximum Gasteiger partial charge on any atom is 0.136 e. The molecule has 1 aromatic heterocycles. The second-order valence-electron chi connectivity index (χ2n) is 3.52. The molecule has 1 saturated heterocycles. The van der Waals surface area contributed by atoms with Crippen LogP contribution in [0.1, 0.15) is 25.3 Å². The van der Waals surface area contributed by atoms with Crippen molar-refractivity contribution in [1.29, 1.82) is 0 Å². The van der Waals surface area contributed by atoms with Crippen molar-refractivity contribution in [2.45, 2.75) is 25.3 Å². The molecule has 0 bridgehead atoms. The van der Waals surface area contributed by atoms with Gasteiger partial charge in [0.25, 0.3) is 0 Å². The topological polar surface area (TPSA) is 53.1 Å². The monoisotopic (exact) mass is 259 g/mol. The molecule has 1 atom stereocenters. The Hall–Kier alpha value is -0.550. The highest BCUT2D eigenvalue weighted by atomic mass is 79.9. The van der Waals surface area contributed by atoms with E-state index in [0.29, 0.717) is 6.04 Å². The molecule has 0 saturated carbocycles. The van der Waals surface area contributed by atoms with Crippen LogP contribution in [0.5, 0.6) is 0 Å². The Morgan fingerprint density at radius 1 is 1.50 bits per heavy atom. The van der Waals surface area contributed by atoms with Gasteiger partial charge in [0, 0.05) is 13.2 Å². The van der Waals surface area contributed by atoms with E-state index in [-0.39, 0.29) is 0 Å². The van der Waals surface area contributed by atoms with Crippen molar-refractivity contribution < 1.29 is 4.74 Å². The number of nitrogen functional groups attached to an aromatic ring is 1. The van der Waals surface area contributed by atoms with Gasteiger partial charge in [-0.3, -0.25) is 0 Å². The number of aromatic nitrogens is 2. The highest BCUT2D eigenvalue weighted by Gasteiger charge is 2.17. The largest absolute Gasteiger partial charge is 0.383 e. The summed E-state index contributed by atoms with van der Waals surface area (Å²) in [5.74, 6) is 0.719. The van der Waals surface area contributed by atoms with E-state index in [9.17, 15) is 0 Å². The van der Waals surface area contributed by atoms with Gasteiger partial charge in [-0.05, 0) is 35.2 Å². The summed E-state index contributed by atoms with van der Waals surface area (Å²) in [5.41, 5.74) is 5.90. The van der Waals surface area contributed by atoms with Crippen LogP contribution in [0.3, 0.4) is 0 Å². The van der Waals surface area contributed by atoms with Gasteiger partial charge in [0.05, 0.1) is 16.7 Å². The van der Waals surface area contributed by atoms with Gasteiger partial charge in [-0.1, -0.05) is 0 Å². The standard InChI is InChI=1S/C9H14BrN3O/c10-8-6-12-13(9(8)11)7-2-1-4-14-5-3-7/h6-7H,1-5,11H2. The number of nitrogens with zero attached hydrogens (tertiary/aromatic N) is 2. The van der Waals surface area contributed by atoms with Crippen LogP contribution in [0, 0.1) is 0 Å². The fourth-order valence-electron chi connectivity index (χ4n) is 1.77. The van der Waals surface area contributed by atoms with E-state index >= 15 is 0 Å². The first-order chi connectivity index (χ1) is 6.79. The number of rotatable bonds is 1. The van der Waals surface area contributed by atoms with Gasteiger partial charge in [-0.25, -0.2) is 4.68 Å². The molecule has 0 radical (unpaired) electrons. The lowest BCUT2D eigenvalue weighted by Crippen LogP contribution is -2.13. The molecule has 1 aliphatic rings. The van der Waals surface area contributed by atoms with Crippen LogP contribution in [0.25, 0.3) is 0 Å². The molecule has 2 heterocycles. The predicted molar refractivity (Wildman–Crippen MR) is 58.0 cm³/mol. The number of hydrogen-bond donors (Lipinski definition) is 1. The fraction of sp³-hybridized carbons (Fsp3) is 0.667. The van der Waals surface area contributed by atoms with Crippen LogP contribution in [-0.4, -0.2) is 23.0 Å². The van der Waals surface area contributed by atoms with Crippen molar-refractivity contribution in [3.05, 3.63) is 10.7 Å². The molecule has 1 unspecified atom stereocenters. The molecule has 1 aromatic rings. The van der Waals surface area contributed by atoms with E-state index in [2.05, 4.69) is 21.0 Å². The molecule has 2 rings (SSSR count). The van der Waals surface area contributed by atoms with Crippen LogP contribution in [0.15, 0.2) is 10.7 Å². The number of ether oxygens (including phenoxy) is 1. The first kappa shape index (κ1) is 9.98. The Morgan fingerprint density at radius 2 is 2.36 bits per heavy atom. The Bertz CT molecular complexity index is 305. The van der Waals surface area contributed by atoms with Gasteiger partial charge in [0.1, 0.15) is 5.82 Å². The first-order valence-electron chi connectivity index (χ1n) is 4.85. The Labute approximate surface area is 91.5 Å². The van der Waals surface area contributed by atoms with E-state index in [1.807, 2.05) is 4.68 Å². The van der Waals surface area contributed by atoms with Gasteiger partial charge in [-0.2, -0.15) is 5.10 Å². The smallest absolute Gasteiger partial charge is 0.136 e. The van der Waals surface area contributed by atoms with Crippen LogP contribution >= 0.6 is 15.9 Å². The highest BCUT2D eigenvalue weighted by molar-refractivity contribution is 9.10. The molecule has 0 aliphatic carbocycles. The SMILES string of the molecule is Nc1c(Br)cnn1C1CCCOCC1. The van der Waals surface area contributed by atoms with Crippen LogP contribution in [0.2, 0.25) is 0 Å². The number of nitrogens with two attached hydrogens (primary N) is 1. The van der Waals surface area contributed by atoms with E-state index in [1.54, 1.807) is 6.20 Å². The van der Waals surface area contributed by atoms with Crippen molar-refractivity contribution in [3.8, 4) is 0 Å². The average molecular weight is 260 g/mol. The van der Waals surface area contributed by atoms with Crippen LogP contribution in [-0.2, 0) is 4.74 Å². The predicted octanol–water partition coefficient (Wildman–Crippen LogP) is 1.97. The van der Waals surface area contributed by atoms with Gasteiger partial charge in [-0.15, -0.1) is 0 Å². The van der Waals surface area contributed by atoms with E-state index in [4.69, 9.17) is 10.5 Å². The minimum absolute atomic E-state index is 0.392. The Morgan fingerprint density at radius 3 is 3.07 bits per heavy atom. The quantitative estimate of drug-likeness (QED) is 0.839. The Kier molecular flexibility index (Phi) is 3.08. The van der Waals surface area contributed by atoms with Crippen LogP contribution in [0.4, 0.5) is 5.82 Å². The summed E-state index contributed by atoms with van der Waals surface area (Å²) in [6.07, 6.45) is 4.93. The zero-order valence-corrected chi connectivity index (χ0v) is 9.53. The third-order valence-electron chi connectivity index (χ3n) is 2.55. The lowest BCUT2D eigenvalue weighted by atomic mass is 10.1. The van der Waals surface area contributed by atoms with E-state index in [0.717, 1.165) is 42.8 Å². The third kappa shape index (κ3) is 1.93. The minimum atomic E-state index is 0.392.